The van der Waals surface area contributed by atoms with E-state index in [0.29, 0.717) is 17.9 Å². The second-order valence-electron chi connectivity index (χ2n) is 5.86. The molecule has 4 heteroatoms. The van der Waals surface area contributed by atoms with Crippen molar-refractivity contribution < 1.29 is 4.79 Å². The summed E-state index contributed by atoms with van der Waals surface area (Å²) in [5.74, 6) is 0.568. The molecule has 0 bridgehead atoms. The Morgan fingerprint density at radius 3 is 2.33 bits per heavy atom. The molecular weight excluding hydrogens is 298 g/mol. The number of nitrogens with zero attached hydrogens (tertiary/aromatic N) is 2. The van der Waals surface area contributed by atoms with Crippen molar-refractivity contribution in [3.8, 4) is 0 Å². The standard InChI is InChI=1S/C20H21N3O/c1-3-16-6-8-17(9-7-16)14-23-19(12-13-21-23)22-20(24)18-10-4-15(2)5-11-18/h4-13H,3,14H2,1-2H3,(H,22,24). The van der Waals surface area contributed by atoms with Crippen molar-refractivity contribution in [3.63, 3.8) is 0 Å². The van der Waals surface area contributed by atoms with Gasteiger partial charge in [-0.25, -0.2) is 4.68 Å². The van der Waals surface area contributed by atoms with Crippen LogP contribution in [0.1, 0.15) is 34.0 Å². The minimum Gasteiger partial charge on any atom is -0.307 e. The molecule has 3 aromatic rings. The smallest absolute Gasteiger partial charge is 0.256 e. The first kappa shape index (κ1) is 16.0. The SMILES string of the molecule is CCc1ccc(Cn2nccc2NC(=O)c2ccc(C)cc2)cc1. The van der Waals surface area contributed by atoms with E-state index in [0.717, 1.165) is 17.5 Å². The van der Waals surface area contributed by atoms with E-state index in [9.17, 15) is 4.79 Å². The van der Waals surface area contributed by atoms with Crippen molar-refractivity contribution in [2.24, 2.45) is 0 Å². The van der Waals surface area contributed by atoms with Crippen LogP contribution in [0.25, 0.3) is 0 Å². The van der Waals surface area contributed by atoms with E-state index in [-0.39, 0.29) is 5.91 Å². The summed E-state index contributed by atoms with van der Waals surface area (Å²) in [5, 5.41) is 7.25. The molecule has 0 aliphatic heterocycles. The molecule has 4 nitrogen and oxygen atoms in total. The third-order valence-electron chi connectivity index (χ3n) is 4.04. The Morgan fingerprint density at radius 2 is 1.67 bits per heavy atom. The van der Waals surface area contributed by atoms with Crippen LogP contribution in [0.4, 0.5) is 5.82 Å². The minimum atomic E-state index is -0.127. The second kappa shape index (κ2) is 7.13. The Morgan fingerprint density at radius 1 is 1.00 bits per heavy atom. The lowest BCUT2D eigenvalue weighted by Crippen LogP contribution is -2.16. The molecule has 0 saturated carbocycles. The number of carbonyl (C=O) groups excluding carboxylic acids is 1. The molecule has 0 aliphatic carbocycles. The molecule has 0 unspecified atom stereocenters. The van der Waals surface area contributed by atoms with Gasteiger partial charge in [-0.3, -0.25) is 4.79 Å². The number of rotatable bonds is 5. The van der Waals surface area contributed by atoms with Gasteiger partial charge in [0.25, 0.3) is 5.91 Å². The fourth-order valence-electron chi connectivity index (χ4n) is 2.51. The highest BCUT2D eigenvalue weighted by molar-refractivity contribution is 6.03. The normalized spacial score (nSPS) is 10.6. The van der Waals surface area contributed by atoms with Crippen molar-refractivity contribution in [3.05, 3.63) is 83.0 Å². The average molecular weight is 319 g/mol. The van der Waals surface area contributed by atoms with Crippen molar-refractivity contribution in [2.45, 2.75) is 26.8 Å². The van der Waals surface area contributed by atoms with Gasteiger partial charge in [-0.05, 0) is 36.6 Å². The zero-order valence-electron chi connectivity index (χ0n) is 14.0. The summed E-state index contributed by atoms with van der Waals surface area (Å²) >= 11 is 0. The Bertz CT molecular complexity index is 817. The van der Waals surface area contributed by atoms with Gasteiger partial charge < -0.3 is 5.32 Å². The van der Waals surface area contributed by atoms with Gasteiger partial charge in [0, 0.05) is 11.6 Å². The Balaban J connectivity index is 1.72. The molecule has 2 aromatic carbocycles. The van der Waals surface area contributed by atoms with E-state index in [1.54, 1.807) is 10.9 Å². The molecule has 0 radical (unpaired) electrons. The van der Waals surface area contributed by atoms with E-state index in [2.05, 4.69) is 41.6 Å². The summed E-state index contributed by atoms with van der Waals surface area (Å²) in [6, 6.07) is 17.8. The predicted molar refractivity (Wildman–Crippen MR) is 96.3 cm³/mol. The van der Waals surface area contributed by atoms with Crippen LogP contribution in [0.5, 0.6) is 0 Å². The van der Waals surface area contributed by atoms with Crippen LogP contribution in [-0.2, 0) is 13.0 Å². The summed E-state index contributed by atoms with van der Waals surface area (Å²) in [5.41, 5.74) is 4.24. The van der Waals surface area contributed by atoms with Gasteiger partial charge in [0.2, 0.25) is 0 Å². The first-order chi connectivity index (χ1) is 11.7. The number of nitrogens with one attached hydrogen (secondary N) is 1. The van der Waals surface area contributed by atoms with Gasteiger partial charge in [-0.1, -0.05) is 48.9 Å². The molecule has 0 aliphatic rings. The lowest BCUT2D eigenvalue weighted by atomic mass is 10.1. The molecule has 0 saturated heterocycles. The zero-order chi connectivity index (χ0) is 16.9. The van der Waals surface area contributed by atoms with Crippen molar-refractivity contribution in [1.82, 2.24) is 9.78 Å². The maximum Gasteiger partial charge on any atom is 0.256 e. The van der Waals surface area contributed by atoms with E-state index < -0.39 is 0 Å². The predicted octanol–water partition coefficient (Wildman–Crippen LogP) is 4.05. The number of anilines is 1. The Kier molecular flexibility index (Phi) is 4.75. The number of carbonyl (C=O) groups is 1. The minimum absolute atomic E-state index is 0.127. The third-order valence-corrected chi connectivity index (χ3v) is 4.04. The molecule has 1 amide bonds. The molecule has 0 atom stereocenters. The fourth-order valence-corrected chi connectivity index (χ4v) is 2.51. The van der Waals surface area contributed by atoms with Crippen LogP contribution in [0.15, 0.2) is 60.8 Å². The van der Waals surface area contributed by atoms with Crippen LogP contribution in [0.2, 0.25) is 0 Å². The van der Waals surface area contributed by atoms with Gasteiger partial charge in [0.15, 0.2) is 0 Å². The highest BCUT2D eigenvalue weighted by atomic mass is 16.1. The van der Waals surface area contributed by atoms with Gasteiger partial charge in [0.05, 0.1) is 12.7 Å². The van der Waals surface area contributed by atoms with Crippen LogP contribution < -0.4 is 5.32 Å². The maximum atomic E-state index is 12.4. The molecule has 3 rings (SSSR count). The quantitative estimate of drug-likeness (QED) is 0.771. The van der Waals surface area contributed by atoms with Gasteiger partial charge >= 0.3 is 0 Å². The fraction of sp³-hybridized carbons (Fsp3) is 0.200. The molecule has 1 aromatic heterocycles. The maximum absolute atomic E-state index is 12.4. The van der Waals surface area contributed by atoms with Crippen LogP contribution in [0.3, 0.4) is 0 Å². The molecular formula is C20H21N3O. The van der Waals surface area contributed by atoms with Gasteiger partial charge in [-0.15, -0.1) is 0 Å². The van der Waals surface area contributed by atoms with E-state index >= 15 is 0 Å². The highest BCUT2D eigenvalue weighted by Gasteiger charge is 2.09. The first-order valence-electron chi connectivity index (χ1n) is 8.13. The number of hydrogen-bond donors (Lipinski definition) is 1. The van der Waals surface area contributed by atoms with E-state index in [4.69, 9.17) is 0 Å². The molecule has 1 heterocycles. The lowest BCUT2D eigenvalue weighted by Gasteiger charge is -2.10. The van der Waals surface area contributed by atoms with Gasteiger partial charge in [0.1, 0.15) is 5.82 Å². The number of aryl methyl sites for hydroxylation is 2. The summed E-state index contributed by atoms with van der Waals surface area (Å²) in [6.45, 7) is 4.77. The molecule has 1 N–H and O–H groups in total. The topological polar surface area (TPSA) is 46.9 Å². The van der Waals surface area contributed by atoms with Crippen LogP contribution >= 0.6 is 0 Å². The third kappa shape index (κ3) is 3.71. The van der Waals surface area contributed by atoms with Crippen molar-refractivity contribution in [1.29, 1.82) is 0 Å². The number of amides is 1. The molecule has 0 spiro atoms. The summed E-state index contributed by atoms with van der Waals surface area (Å²) in [4.78, 5) is 12.4. The average Bonchev–Trinajstić information content (AvgIpc) is 3.03. The van der Waals surface area contributed by atoms with Crippen LogP contribution in [-0.4, -0.2) is 15.7 Å². The van der Waals surface area contributed by atoms with E-state index in [1.165, 1.54) is 5.56 Å². The molecule has 0 fully saturated rings. The van der Waals surface area contributed by atoms with Crippen molar-refractivity contribution >= 4 is 11.7 Å². The van der Waals surface area contributed by atoms with Crippen LogP contribution in [0, 0.1) is 6.92 Å². The summed E-state index contributed by atoms with van der Waals surface area (Å²) in [6.07, 6.45) is 2.73. The highest BCUT2D eigenvalue weighted by Crippen LogP contribution is 2.13. The summed E-state index contributed by atoms with van der Waals surface area (Å²) in [7, 11) is 0. The summed E-state index contributed by atoms with van der Waals surface area (Å²) < 4.78 is 1.80. The second-order valence-corrected chi connectivity index (χ2v) is 5.86. The molecule has 122 valence electrons. The number of benzene rings is 2. The van der Waals surface area contributed by atoms with Gasteiger partial charge in [-0.2, -0.15) is 5.10 Å². The first-order valence-corrected chi connectivity index (χ1v) is 8.13. The largest absolute Gasteiger partial charge is 0.307 e. The Hall–Kier alpha value is -2.88. The zero-order valence-corrected chi connectivity index (χ0v) is 14.0. The van der Waals surface area contributed by atoms with E-state index in [1.807, 2.05) is 37.3 Å². The number of hydrogen-bond acceptors (Lipinski definition) is 2. The van der Waals surface area contributed by atoms with Crippen molar-refractivity contribution in [2.75, 3.05) is 5.32 Å². The molecule has 24 heavy (non-hydrogen) atoms. The monoisotopic (exact) mass is 319 g/mol. The lowest BCUT2D eigenvalue weighted by molar-refractivity contribution is 0.102. The number of aromatic nitrogens is 2. The Labute approximate surface area is 142 Å².